The van der Waals surface area contributed by atoms with Crippen LogP contribution in [-0.4, -0.2) is 41.0 Å². The largest absolute Gasteiger partial charge is 0.444 e. The first-order valence-electron chi connectivity index (χ1n) is 12.4. The summed E-state index contributed by atoms with van der Waals surface area (Å²) in [7, 11) is 0. The van der Waals surface area contributed by atoms with Crippen LogP contribution in [0.2, 0.25) is 0 Å². The monoisotopic (exact) mass is 506 g/mol. The summed E-state index contributed by atoms with van der Waals surface area (Å²) in [6, 6.07) is 15.0. The van der Waals surface area contributed by atoms with Crippen molar-refractivity contribution in [2.24, 2.45) is 5.92 Å². The first-order valence-corrected chi connectivity index (χ1v) is 12.4. The molecule has 0 heterocycles. The van der Waals surface area contributed by atoms with E-state index in [-0.39, 0.29) is 19.0 Å². The van der Waals surface area contributed by atoms with Gasteiger partial charge in [0, 0.05) is 6.54 Å². The summed E-state index contributed by atoms with van der Waals surface area (Å²) in [4.78, 5) is 41.3. The van der Waals surface area contributed by atoms with E-state index in [4.69, 9.17) is 4.74 Å². The van der Waals surface area contributed by atoms with Crippen LogP contribution in [0.1, 0.15) is 62.9 Å². The zero-order chi connectivity index (χ0) is 27.8. The molecule has 8 nitrogen and oxygen atoms in total. The molecule has 0 aromatic heterocycles. The number of carbonyl (C=O) groups is 3. The molecule has 3 amide bonds. The lowest BCUT2D eigenvalue weighted by atomic mass is 9.95. The lowest BCUT2D eigenvalue weighted by Crippen LogP contribution is -2.55. The SMILES string of the molecule is Cc1ccc(C(C(=O)NCc2ccccc2)N(CC#N)C(=O)C(NC(=O)OC(C)(C)C)C(C)C)c(C)c1. The Morgan fingerprint density at radius 1 is 1.05 bits per heavy atom. The minimum atomic E-state index is -1.07. The maximum atomic E-state index is 13.9. The molecule has 0 fully saturated rings. The normalized spacial score (nSPS) is 12.7. The Bertz CT molecular complexity index is 1130. The molecule has 0 aliphatic rings. The van der Waals surface area contributed by atoms with E-state index >= 15 is 0 Å². The molecular weight excluding hydrogens is 468 g/mol. The van der Waals surface area contributed by atoms with Gasteiger partial charge in [-0.1, -0.05) is 67.9 Å². The quantitative estimate of drug-likeness (QED) is 0.484. The molecule has 2 unspecified atom stereocenters. The average molecular weight is 507 g/mol. The van der Waals surface area contributed by atoms with Crippen molar-refractivity contribution in [3.8, 4) is 6.07 Å². The number of hydrogen-bond acceptors (Lipinski definition) is 5. The standard InChI is InChI=1S/C29H38N4O4/c1-19(2)24(32-28(36)37-29(5,6)7)27(35)33(16-15-30)25(23-14-13-20(3)17-21(23)4)26(34)31-18-22-11-9-8-10-12-22/h8-14,17,19,24-25H,16,18H2,1-7H3,(H,31,34)(H,32,36). The molecule has 198 valence electrons. The van der Waals surface area contributed by atoms with Crippen molar-refractivity contribution < 1.29 is 19.1 Å². The van der Waals surface area contributed by atoms with E-state index in [2.05, 4.69) is 10.6 Å². The topological polar surface area (TPSA) is 112 Å². The van der Waals surface area contributed by atoms with Gasteiger partial charge in [0.05, 0.1) is 6.07 Å². The van der Waals surface area contributed by atoms with E-state index in [0.717, 1.165) is 16.7 Å². The Morgan fingerprint density at radius 3 is 2.24 bits per heavy atom. The van der Waals surface area contributed by atoms with Gasteiger partial charge in [0.15, 0.2) is 0 Å². The Morgan fingerprint density at radius 2 is 1.70 bits per heavy atom. The van der Waals surface area contributed by atoms with Gasteiger partial charge in [-0.3, -0.25) is 9.59 Å². The molecule has 0 aliphatic carbocycles. The number of rotatable bonds is 9. The third-order valence-electron chi connectivity index (χ3n) is 5.72. The van der Waals surface area contributed by atoms with Crippen molar-refractivity contribution in [2.75, 3.05) is 6.54 Å². The number of amides is 3. The highest BCUT2D eigenvalue weighted by molar-refractivity contribution is 5.92. The molecule has 8 heteroatoms. The second-order valence-corrected chi connectivity index (χ2v) is 10.5. The summed E-state index contributed by atoms with van der Waals surface area (Å²) in [5.74, 6) is -1.28. The number of nitriles is 1. The lowest BCUT2D eigenvalue weighted by molar-refractivity contribution is -0.142. The molecule has 2 atom stereocenters. The third-order valence-corrected chi connectivity index (χ3v) is 5.72. The first-order chi connectivity index (χ1) is 17.3. The Hall–Kier alpha value is -3.86. The van der Waals surface area contributed by atoms with Gasteiger partial charge in [0.2, 0.25) is 11.8 Å². The number of aryl methyl sites for hydroxylation is 2. The number of ether oxygens (including phenoxy) is 1. The molecule has 0 spiro atoms. The predicted molar refractivity (Wildman–Crippen MR) is 142 cm³/mol. The van der Waals surface area contributed by atoms with Crippen LogP contribution in [0.4, 0.5) is 4.79 Å². The van der Waals surface area contributed by atoms with E-state index in [9.17, 15) is 19.6 Å². The molecule has 2 N–H and O–H groups in total. The van der Waals surface area contributed by atoms with Crippen molar-refractivity contribution >= 4 is 17.9 Å². The Labute approximate surface area is 220 Å². The van der Waals surface area contributed by atoms with Crippen LogP contribution in [0.25, 0.3) is 0 Å². The second kappa shape index (κ2) is 12.9. The van der Waals surface area contributed by atoms with E-state index in [1.165, 1.54) is 4.90 Å². The highest BCUT2D eigenvalue weighted by Crippen LogP contribution is 2.27. The van der Waals surface area contributed by atoms with Crippen molar-refractivity contribution in [1.82, 2.24) is 15.5 Å². The number of benzene rings is 2. The summed E-state index contributed by atoms with van der Waals surface area (Å²) in [5.41, 5.74) is 2.59. The predicted octanol–water partition coefficient (Wildman–Crippen LogP) is 4.56. The summed E-state index contributed by atoms with van der Waals surface area (Å²) in [6.45, 7) is 12.5. The van der Waals surface area contributed by atoms with Crippen LogP contribution < -0.4 is 10.6 Å². The summed E-state index contributed by atoms with van der Waals surface area (Å²) in [5, 5.41) is 15.2. The van der Waals surface area contributed by atoms with Gasteiger partial charge in [-0.15, -0.1) is 0 Å². The van der Waals surface area contributed by atoms with Crippen LogP contribution in [0.3, 0.4) is 0 Å². The number of nitrogens with one attached hydrogen (secondary N) is 2. The van der Waals surface area contributed by atoms with Crippen LogP contribution >= 0.6 is 0 Å². The van der Waals surface area contributed by atoms with Crippen molar-refractivity contribution in [3.05, 3.63) is 70.8 Å². The molecule has 0 saturated carbocycles. The smallest absolute Gasteiger partial charge is 0.408 e. The maximum absolute atomic E-state index is 13.9. The molecule has 0 saturated heterocycles. The second-order valence-electron chi connectivity index (χ2n) is 10.5. The molecule has 2 aromatic carbocycles. The molecule has 2 rings (SSSR count). The maximum Gasteiger partial charge on any atom is 0.408 e. The molecule has 2 aromatic rings. The number of hydrogen-bond donors (Lipinski definition) is 2. The van der Waals surface area contributed by atoms with Crippen LogP contribution in [0.15, 0.2) is 48.5 Å². The average Bonchev–Trinajstić information content (AvgIpc) is 2.81. The van der Waals surface area contributed by atoms with E-state index in [1.54, 1.807) is 40.7 Å². The Balaban J connectivity index is 2.47. The van der Waals surface area contributed by atoms with Crippen LogP contribution in [-0.2, 0) is 20.9 Å². The van der Waals surface area contributed by atoms with Gasteiger partial charge in [0.1, 0.15) is 24.2 Å². The summed E-state index contributed by atoms with van der Waals surface area (Å²) < 4.78 is 5.36. The molecule has 0 radical (unpaired) electrons. The highest BCUT2D eigenvalue weighted by atomic mass is 16.6. The van der Waals surface area contributed by atoms with Gasteiger partial charge in [-0.2, -0.15) is 5.26 Å². The zero-order valence-corrected chi connectivity index (χ0v) is 22.8. The van der Waals surface area contributed by atoms with Crippen LogP contribution in [0.5, 0.6) is 0 Å². The fourth-order valence-electron chi connectivity index (χ4n) is 3.96. The molecular formula is C29H38N4O4. The number of alkyl carbamates (subject to hydrolysis) is 1. The van der Waals surface area contributed by atoms with Crippen molar-refractivity contribution in [1.29, 1.82) is 5.26 Å². The van der Waals surface area contributed by atoms with Gasteiger partial charge in [0.25, 0.3) is 0 Å². The van der Waals surface area contributed by atoms with Crippen molar-refractivity contribution in [3.63, 3.8) is 0 Å². The van der Waals surface area contributed by atoms with E-state index in [1.807, 2.05) is 62.4 Å². The Kier molecular flexibility index (Phi) is 10.2. The highest BCUT2D eigenvalue weighted by Gasteiger charge is 2.38. The minimum absolute atomic E-state index is 0.263. The third kappa shape index (κ3) is 8.64. The molecule has 37 heavy (non-hydrogen) atoms. The van der Waals surface area contributed by atoms with Crippen molar-refractivity contribution in [2.45, 2.75) is 72.7 Å². The van der Waals surface area contributed by atoms with Gasteiger partial charge in [-0.25, -0.2) is 4.79 Å². The summed E-state index contributed by atoms with van der Waals surface area (Å²) in [6.07, 6.45) is -0.743. The number of nitrogens with zero attached hydrogens (tertiary/aromatic N) is 2. The summed E-state index contributed by atoms with van der Waals surface area (Å²) >= 11 is 0. The zero-order valence-electron chi connectivity index (χ0n) is 22.8. The van der Waals surface area contributed by atoms with E-state index < -0.39 is 35.6 Å². The van der Waals surface area contributed by atoms with Gasteiger partial charge < -0.3 is 20.3 Å². The van der Waals surface area contributed by atoms with Crippen LogP contribution in [0, 0.1) is 31.1 Å². The molecule has 0 bridgehead atoms. The fourth-order valence-corrected chi connectivity index (χ4v) is 3.96. The molecule has 0 aliphatic heterocycles. The van der Waals surface area contributed by atoms with E-state index in [0.29, 0.717) is 5.56 Å². The fraction of sp³-hybridized carbons (Fsp3) is 0.448. The minimum Gasteiger partial charge on any atom is -0.444 e. The lowest BCUT2D eigenvalue weighted by Gasteiger charge is -2.34. The van der Waals surface area contributed by atoms with Gasteiger partial charge >= 0.3 is 6.09 Å². The first kappa shape index (κ1) is 29.4. The van der Waals surface area contributed by atoms with Gasteiger partial charge in [-0.05, 0) is 57.2 Å². The number of carbonyl (C=O) groups excluding carboxylic acids is 3.